The molecule has 3 rings (SSSR count). The van der Waals surface area contributed by atoms with Crippen molar-refractivity contribution in [2.45, 2.75) is 12.0 Å². The summed E-state index contributed by atoms with van der Waals surface area (Å²) in [6.45, 7) is 1.36. The number of pyridine rings is 1. The van der Waals surface area contributed by atoms with E-state index in [0.29, 0.717) is 30.7 Å². The van der Waals surface area contributed by atoms with E-state index in [1.165, 1.54) is 12.1 Å². The first-order chi connectivity index (χ1) is 11.1. The third kappa shape index (κ3) is 2.68. The Morgan fingerprint density at radius 2 is 2.09 bits per heavy atom. The first-order valence-corrected chi connectivity index (χ1v) is 7.45. The van der Waals surface area contributed by atoms with Crippen LogP contribution in [0.3, 0.4) is 0 Å². The highest BCUT2D eigenvalue weighted by atomic mass is 19.1. The van der Waals surface area contributed by atoms with Crippen molar-refractivity contribution >= 4 is 16.8 Å². The second kappa shape index (κ2) is 6.22. The lowest BCUT2D eigenvalue weighted by molar-refractivity contribution is -0.0815. The molecule has 0 spiro atoms. The van der Waals surface area contributed by atoms with E-state index in [1.807, 2.05) is 0 Å². The Kier molecular flexibility index (Phi) is 4.28. The number of nitrogens with zero attached hydrogens (tertiary/aromatic N) is 2. The molecule has 0 saturated carbocycles. The third-order valence-electron chi connectivity index (χ3n) is 4.34. The van der Waals surface area contributed by atoms with Crippen LogP contribution in [0.2, 0.25) is 0 Å². The van der Waals surface area contributed by atoms with E-state index in [-0.39, 0.29) is 11.5 Å². The molecule has 1 aliphatic heterocycles. The minimum absolute atomic E-state index is 0.242. The monoisotopic (exact) mass is 318 g/mol. The van der Waals surface area contributed by atoms with Crippen LogP contribution in [0.25, 0.3) is 10.9 Å². The highest BCUT2D eigenvalue weighted by molar-refractivity contribution is 6.06. The van der Waals surface area contributed by atoms with Crippen molar-refractivity contribution in [2.24, 2.45) is 0 Å². The molecule has 122 valence electrons. The van der Waals surface area contributed by atoms with Crippen LogP contribution < -0.4 is 0 Å². The first kappa shape index (κ1) is 15.8. The number of carbonyl (C=O) groups excluding carboxylic acids is 1. The Hall–Kier alpha value is -2.05. The third-order valence-corrected chi connectivity index (χ3v) is 4.34. The van der Waals surface area contributed by atoms with Gasteiger partial charge in [0, 0.05) is 32.3 Å². The van der Waals surface area contributed by atoms with Crippen molar-refractivity contribution in [3.05, 3.63) is 41.8 Å². The van der Waals surface area contributed by atoms with E-state index < -0.39 is 11.4 Å². The second-order valence-electron chi connectivity index (χ2n) is 5.83. The second-order valence-corrected chi connectivity index (χ2v) is 5.83. The van der Waals surface area contributed by atoms with Crippen molar-refractivity contribution in [1.29, 1.82) is 0 Å². The summed E-state index contributed by atoms with van der Waals surface area (Å²) in [6.07, 6.45) is 2.39. The van der Waals surface area contributed by atoms with E-state index in [9.17, 15) is 9.18 Å². The Morgan fingerprint density at radius 3 is 2.70 bits per heavy atom. The normalized spacial score (nSPS) is 16.4. The van der Waals surface area contributed by atoms with Gasteiger partial charge in [0.2, 0.25) is 0 Å². The lowest BCUT2D eigenvalue weighted by atomic mass is 9.85. The fraction of sp³-hybridized carbons (Fsp3) is 0.412. The summed E-state index contributed by atoms with van der Waals surface area (Å²) >= 11 is 0. The SMILES string of the molecule is COCC1(COC)CCN1C(=O)c1cc(F)cc2cccnc12. The molecule has 1 saturated heterocycles. The van der Waals surface area contributed by atoms with E-state index in [4.69, 9.17) is 9.47 Å². The maximum absolute atomic E-state index is 13.9. The van der Waals surface area contributed by atoms with E-state index in [2.05, 4.69) is 4.98 Å². The highest BCUT2D eigenvalue weighted by Crippen LogP contribution is 2.34. The molecule has 0 aliphatic carbocycles. The molecular formula is C17H19FN2O3. The minimum atomic E-state index is -0.492. The molecule has 0 atom stereocenters. The summed E-state index contributed by atoms with van der Waals surface area (Å²) in [5.41, 5.74) is 0.292. The number of benzene rings is 1. The van der Waals surface area contributed by atoms with Crippen molar-refractivity contribution < 1.29 is 18.7 Å². The average Bonchev–Trinajstić information content (AvgIpc) is 2.52. The summed E-state index contributed by atoms with van der Waals surface area (Å²) in [6, 6.07) is 6.10. The summed E-state index contributed by atoms with van der Waals surface area (Å²) in [7, 11) is 3.19. The molecule has 2 heterocycles. The van der Waals surface area contributed by atoms with Crippen molar-refractivity contribution in [1.82, 2.24) is 9.88 Å². The molecule has 6 heteroatoms. The number of carbonyl (C=O) groups is 1. The molecule has 0 unspecified atom stereocenters. The number of methoxy groups -OCH3 is 2. The molecule has 1 aliphatic rings. The van der Waals surface area contributed by atoms with Gasteiger partial charge in [-0.15, -0.1) is 0 Å². The van der Waals surface area contributed by atoms with Gasteiger partial charge < -0.3 is 14.4 Å². The molecule has 0 radical (unpaired) electrons. The molecule has 5 nitrogen and oxygen atoms in total. The average molecular weight is 318 g/mol. The topological polar surface area (TPSA) is 51.7 Å². The predicted molar refractivity (Wildman–Crippen MR) is 83.8 cm³/mol. The van der Waals surface area contributed by atoms with Crippen LogP contribution in [0.15, 0.2) is 30.5 Å². The minimum Gasteiger partial charge on any atom is -0.382 e. The maximum atomic E-state index is 13.9. The number of hydrogen-bond acceptors (Lipinski definition) is 4. The zero-order valence-corrected chi connectivity index (χ0v) is 13.2. The van der Waals surface area contributed by atoms with Gasteiger partial charge in [0.25, 0.3) is 5.91 Å². The first-order valence-electron chi connectivity index (χ1n) is 7.45. The number of hydrogen-bond donors (Lipinski definition) is 0. The van der Waals surface area contributed by atoms with Crippen LogP contribution in [0, 0.1) is 5.82 Å². The lowest BCUT2D eigenvalue weighted by Gasteiger charge is -2.52. The van der Waals surface area contributed by atoms with Crippen LogP contribution in [0.5, 0.6) is 0 Å². The van der Waals surface area contributed by atoms with Gasteiger partial charge >= 0.3 is 0 Å². The van der Waals surface area contributed by atoms with Gasteiger partial charge in [-0.2, -0.15) is 0 Å². The van der Waals surface area contributed by atoms with Gasteiger partial charge in [0.15, 0.2) is 0 Å². The molecule has 1 amide bonds. The number of rotatable bonds is 5. The van der Waals surface area contributed by atoms with Gasteiger partial charge in [0.05, 0.1) is 29.8 Å². The lowest BCUT2D eigenvalue weighted by Crippen LogP contribution is -2.66. The zero-order chi connectivity index (χ0) is 16.4. The molecule has 23 heavy (non-hydrogen) atoms. The van der Waals surface area contributed by atoms with Gasteiger partial charge in [-0.25, -0.2) is 4.39 Å². The van der Waals surface area contributed by atoms with Crippen LogP contribution >= 0.6 is 0 Å². The smallest absolute Gasteiger partial charge is 0.256 e. The molecule has 1 aromatic carbocycles. The van der Waals surface area contributed by atoms with Crippen LogP contribution in [-0.2, 0) is 9.47 Å². The van der Waals surface area contributed by atoms with Crippen LogP contribution in [0.4, 0.5) is 4.39 Å². The number of halogens is 1. The molecule has 0 bridgehead atoms. The Morgan fingerprint density at radius 1 is 1.35 bits per heavy atom. The number of aromatic nitrogens is 1. The van der Waals surface area contributed by atoms with Crippen LogP contribution in [-0.4, -0.2) is 55.3 Å². The number of likely N-dealkylation sites (tertiary alicyclic amines) is 1. The molecule has 1 fully saturated rings. The Bertz CT molecular complexity index is 729. The maximum Gasteiger partial charge on any atom is 0.256 e. The zero-order valence-electron chi connectivity index (χ0n) is 13.2. The number of fused-ring (bicyclic) bond motifs is 1. The number of amides is 1. The number of ether oxygens (including phenoxy) is 2. The highest BCUT2D eigenvalue weighted by Gasteiger charge is 2.48. The molecule has 2 aromatic rings. The Labute approximate surface area is 134 Å². The van der Waals surface area contributed by atoms with E-state index in [0.717, 1.165) is 6.42 Å². The quantitative estimate of drug-likeness (QED) is 0.848. The van der Waals surface area contributed by atoms with Gasteiger partial charge in [-0.05, 0) is 24.6 Å². The Balaban J connectivity index is 2.00. The summed E-state index contributed by atoms with van der Waals surface area (Å²) in [5.74, 6) is -0.688. The van der Waals surface area contributed by atoms with E-state index >= 15 is 0 Å². The standard InChI is InChI=1S/C17H19FN2O3/c1-22-10-17(11-23-2)5-7-20(17)16(21)14-9-13(18)8-12-4-3-6-19-15(12)14/h3-4,6,8-9H,5,7,10-11H2,1-2H3. The van der Waals surface area contributed by atoms with Crippen molar-refractivity contribution in [2.75, 3.05) is 34.0 Å². The van der Waals surface area contributed by atoms with Gasteiger partial charge in [-0.3, -0.25) is 9.78 Å². The van der Waals surface area contributed by atoms with Gasteiger partial charge in [0.1, 0.15) is 5.82 Å². The van der Waals surface area contributed by atoms with Crippen LogP contribution in [0.1, 0.15) is 16.8 Å². The predicted octanol–water partition coefficient (Wildman–Crippen LogP) is 2.25. The summed E-state index contributed by atoms with van der Waals surface area (Å²) in [5, 5.41) is 0.612. The molecule has 1 aromatic heterocycles. The molecule has 0 N–H and O–H groups in total. The largest absolute Gasteiger partial charge is 0.382 e. The summed E-state index contributed by atoms with van der Waals surface area (Å²) in [4.78, 5) is 18.9. The van der Waals surface area contributed by atoms with Crippen molar-refractivity contribution in [3.63, 3.8) is 0 Å². The fourth-order valence-electron chi connectivity index (χ4n) is 3.20. The summed E-state index contributed by atoms with van der Waals surface area (Å²) < 4.78 is 24.4. The van der Waals surface area contributed by atoms with Gasteiger partial charge in [-0.1, -0.05) is 6.07 Å². The van der Waals surface area contributed by atoms with Crippen molar-refractivity contribution in [3.8, 4) is 0 Å². The molecular weight excluding hydrogens is 299 g/mol. The van der Waals surface area contributed by atoms with E-state index in [1.54, 1.807) is 37.4 Å². The fourth-order valence-corrected chi connectivity index (χ4v) is 3.20.